The number of fused-ring (bicyclic) bond motifs is 1. The number of unbranched alkanes of at least 4 members (excludes halogenated alkanes) is 1. The number of ether oxygens (including phenoxy) is 1. The van der Waals surface area contributed by atoms with Crippen molar-refractivity contribution in [2.45, 2.75) is 36.5 Å². The molecule has 58 heavy (non-hydrogen) atoms. The fourth-order valence-corrected chi connectivity index (χ4v) is 7.48. The molecule has 6 aromatic rings. The predicted molar refractivity (Wildman–Crippen MR) is 216 cm³/mol. The number of primary amides is 1. The lowest BCUT2D eigenvalue weighted by Gasteiger charge is -2.16. The van der Waals surface area contributed by atoms with Crippen LogP contribution in [0.4, 0.5) is 49.4 Å². The number of alkyl halides is 1. The van der Waals surface area contributed by atoms with Crippen molar-refractivity contribution in [3.63, 3.8) is 0 Å². The van der Waals surface area contributed by atoms with Crippen LogP contribution >= 0.6 is 15.9 Å². The first-order valence-corrected chi connectivity index (χ1v) is 20.0. The summed E-state index contributed by atoms with van der Waals surface area (Å²) in [7, 11) is -0.532. The molecule has 0 saturated carbocycles. The number of carbonyl (C=O) groups is 1. The summed E-state index contributed by atoms with van der Waals surface area (Å²) in [6.07, 6.45) is 4.72. The third kappa shape index (κ3) is 8.75. The molecule has 2 atom stereocenters. The number of sulfonamides is 1. The summed E-state index contributed by atoms with van der Waals surface area (Å²) >= 11 is 3.34. The molecule has 1 aliphatic rings. The number of methoxy groups -OCH3 is 1. The number of rotatable bonds is 16. The largest absolute Gasteiger partial charge is 0.478 e. The number of hydrogen-bond donors (Lipinski definition) is 6. The van der Waals surface area contributed by atoms with Gasteiger partial charge in [0.25, 0.3) is 11.8 Å². The number of carbonyl (C=O) groups excluding carboxylic acids is 1. The smallest absolute Gasteiger partial charge is 0.256 e. The quantitative estimate of drug-likeness (QED) is 0.0756. The highest BCUT2D eigenvalue weighted by atomic mass is 79.9. The number of imidazole rings is 1. The van der Waals surface area contributed by atoms with Crippen molar-refractivity contribution in [1.29, 1.82) is 0 Å². The van der Waals surface area contributed by atoms with Crippen LogP contribution in [0.1, 0.15) is 23.2 Å². The maximum absolute atomic E-state index is 14.3. The van der Waals surface area contributed by atoms with Gasteiger partial charge in [-0.2, -0.15) is 15.0 Å². The van der Waals surface area contributed by atoms with Crippen LogP contribution in [0.3, 0.4) is 0 Å². The SMILES string of the molecule is COc1nn(CCCCNS(=O)(=O)c2ccc(Nc3ncc(Br)c(Nc4cccc(F)c4C(N)=O)n3)cc2)cc1Nc1nc(N2CC(F)[C@H](N)C2)nc2c1ncn2C. The van der Waals surface area contributed by atoms with E-state index in [0.29, 0.717) is 64.0 Å². The summed E-state index contributed by atoms with van der Waals surface area (Å²) in [6, 6.07) is 9.40. The number of halogens is 3. The highest BCUT2D eigenvalue weighted by Gasteiger charge is 2.32. The van der Waals surface area contributed by atoms with E-state index in [0.717, 1.165) is 6.07 Å². The Labute approximate surface area is 338 Å². The van der Waals surface area contributed by atoms with Crippen LogP contribution in [0.2, 0.25) is 0 Å². The third-order valence-electron chi connectivity index (χ3n) is 9.08. The lowest BCUT2D eigenvalue weighted by molar-refractivity contribution is 0.0997. The number of nitrogens with two attached hydrogens (primary N) is 2. The first kappa shape index (κ1) is 40.2. The summed E-state index contributed by atoms with van der Waals surface area (Å²) in [5, 5.41) is 13.6. The molecule has 5 heterocycles. The molecule has 23 heteroatoms. The molecule has 1 unspecified atom stereocenters. The molecule has 0 radical (unpaired) electrons. The lowest BCUT2D eigenvalue weighted by atomic mass is 10.1. The summed E-state index contributed by atoms with van der Waals surface area (Å²) < 4.78 is 66.6. The fraction of sp³-hybridized carbons (Fsp3) is 0.286. The minimum atomic E-state index is -3.83. The van der Waals surface area contributed by atoms with Crippen molar-refractivity contribution in [3.05, 3.63) is 77.0 Å². The Kier molecular flexibility index (Phi) is 11.6. The molecule has 7 rings (SSSR count). The lowest BCUT2D eigenvalue weighted by Crippen LogP contribution is -2.30. The van der Waals surface area contributed by atoms with E-state index in [4.69, 9.17) is 16.2 Å². The molecule has 1 saturated heterocycles. The maximum Gasteiger partial charge on any atom is 0.256 e. The Morgan fingerprint density at radius 2 is 1.79 bits per heavy atom. The highest BCUT2D eigenvalue weighted by molar-refractivity contribution is 9.10. The van der Waals surface area contributed by atoms with Crippen LogP contribution in [-0.4, -0.2) is 92.6 Å². The number of nitrogens with one attached hydrogen (secondary N) is 4. The Morgan fingerprint density at radius 1 is 1.02 bits per heavy atom. The Hall–Kier alpha value is -6.04. The van der Waals surface area contributed by atoms with E-state index >= 15 is 0 Å². The molecule has 2 aromatic carbocycles. The molecule has 1 fully saturated rings. The normalized spacial score (nSPS) is 15.5. The van der Waals surface area contributed by atoms with Gasteiger partial charge in [-0.1, -0.05) is 6.07 Å². The Morgan fingerprint density at radius 3 is 2.52 bits per heavy atom. The zero-order valence-electron chi connectivity index (χ0n) is 31.0. The van der Waals surface area contributed by atoms with E-state index in [9.17, 15) is 22.0 Å². The van der Waals surface area contributed by atoms with Crippen LogP contribution in [-0.2, 0) is 23.6 Å². The van der Waals surface area contributed by atoms with Crippen LogP contribution in [0.5, 0.6) is 5.88 Å². The van der Waals surface area contributed by atoms with Gasteiger partial charge in [-0.25, -0.2) is 31.9 Å². The van der Waals surface area contributed by atoms with Crippen molar-refractivity contribution in [2.24, 2.45) is 18.5 Å². The van der Waals surface area contributed by atoms with E-state index in [2.05, 4.69) is 66.6 Å². The van der Waals surface area contributed by atoms with Gasteiger partial charge in [-0.05, 0) is 65.2 Å². The number of aryl methyl sites for hydroxylation is 2. The van der Waals surface area contributed by atoms with Gasteiger partial charge in [-0.15, -0.1) is 5.10 Å². The summed E-state index contributed by atoms with van der Waals surface area (Å²) in [4.78, 5) is 35.9. The second kappa shape index (κ2) is 16.8. The van der Waals surface area contributed by atoms with Crippen LogP contribution in [0, 0.1) is 5.82 Å². The number of benzene rings is 2. The molecule has 19 nitrogen and oxygen atoms in total. The van der Waals surface area contributed by atoms with Crippen LogP contribution in [0.25, 0.3) is 11.2 Å². The minimum Gasteiger partial charge on any atom is -0.478 e. The number of aromatic nitrogens is 8. The molecule has 8 N–H and O–H groups in total. The van der Waals surface area contributed by atoms with E-state index in [1.807, 2.05) is 0 Å². The molecule has 1 amide bonds. The zero-order valence-corrected chi connectivity index (χ0v) is 33.4. The number of nitrogens with zero attached hydrogens (tertiary/aromatic N) is 9. The molecular weight excluding hydrogens is 844 g/mol. The molecule has 4 aromatic heterocycles. The van der Waals surface area contributed by atoms with E-state index in [1.165, 1.54) is 37.6 Å². The Bertz CT molecular complexity index is 2560. The van der Waals surface area contributed by atoms with Crippen LogP contribution < -0.4 is 41.8 Å². The second-order valence-electron chi connectivity index (χ2n) is 13.2. The number of hydrogen-bond acceptors (Lipinski definition) is 15. The maximum atomic E-state index is 14.3. The van der Waals surface area contributed by atoms with E-state index in [-0.39, 0.29) is 47.5 Å². The molecule has 0 spiro atoms. The van der Waals surface area contributed by atoms with Crippen molar-refractivity contribution in [2.75, 3.05) is 47.6 Å². The van der Waals surface area contributed by atoms with Gasteiger partial charge in [0.15, 0.2) is 17.0 Å². The van der Waals surface area contributed by atoms with Gasteiger partial charge in [0.1, 0.15) is 23.5 Å². The van der Waals surface area contributed by atoms with Gasteiger partial charge in [0.2, 0.25) is 21.9 Å². The summed E-state index contributed by atoms with van der Waals surface area (Å²) in [6.45, 7) is 0.999. The summed E-state index contributed by atoms with van der Waals surface area (Å²) in [5.74, 6) is -0.344. The van der Waals surface area contributed by atoms with Crippen molar-refractivity contribution in [1.82, 2.24) is 44.0 Å². The predicted octanol–water partition coefficient (Wildman–Crippen LogP) is 3.83. The summed E-state index contributed by atoms with van der Waals surface area (Å²) in [5.41, 5.74) is 13.1. The average Bonchev–Trinajstić information content (AvgIpc) is 3.88. The number of amides is 1. The van der Waals surface area contributed by atoms with Crippen LogP contribution in [0.15, 0.2) is 70.6 Å². The van der Waals surface area contributed by atoms with Crippen molar-refractivity contribution in [3.8, 4) is 5.88 Å². The standard InChI is InChI=1S/C35H38BrF2N15O4S/c1-51-18-42-28-31(48-35(49-32(28)51)52-15-23(38)24(39)16-52)46-26-17-53(50-33(26)57-2)13-4-3-12-43-58(55,56)20-10-8-19(9-11-20)44-34-41-14-21(36)30(47-34)45-25-7-5-6-22(37)27(25)29(40)54/h5-11,14,17-18,23-24,43H,3-4,12-13,15-16,39H2,1-2H3,(H2,40,54)(H,46,48,49)(H2,41,44,45,47)/t23?,24-/m1/s1. The van der Waals surface area contributed by atoms with Crippen molar-refractivity contribution >= 4 is 83.6 Å². The van der Waals surface area contributed by atoms with Gasteiger partial charge >= 0.3 is 0 Å². The number of anilines is 7. The molecule has 304 valence electrons. The second-order valence-corrected chi connectivity index (χ2v) is 15.8. The first-order valence-electron chi connectivity index (χ1n) is 17.8. The molecule has 0 bridgehead atoms. The zero-order chi connectivity index (χ0) is 41.1. The monoisotopic (exact) mass is 881 g/mol. The fourth-order valence-electron chi connectivity index (χ4n) is 6.12. The van der Waals surface area contributed by atoms with Crippen molar-refractivity contribution < 1.29 is 26.7 Å². The van der Waals surface area contributed by atoms with Gasteiger partial charge in [-0.3, -0.25) is 9.48 Å². The molecule has 0 aliphatic carbocycles. The molecule has 1 aliphatic heterocycles. The van der Waals surface area contributed by atoms with E-state index in [1.54, 1.807) is 45.9 Å². The first-order chi connectivity index (χ1) is 27.8. The van der Waals surface area contributed by atoms with Gasteiger partial charge in [0, 0.05) is 38.6 Å². The topological polar surface area (TPSA) is 251 Å². The van der Waals surface area contributed by atoms with Gasteiger partial charge in [0.05, 0.1) is 52.8 Å². The Balaban J connectivity index is 0.929. The molecular formula is C35H38BrF2N15O4S. The van der Waals surface area contributed by atoms with E-state index < -0.39 is 34.0 Å². The van der Waals surface area contributed by atoms with Gasteiger partial charge < -0.3 is 41.6 Å². The average molecular weight is 883 g/mol. The third-order valence-corrected chi connectivity index (χ3v) is 11.1. The highest BCUT2D eigenvalue weighted by Crippen LogP contribution is 2.32. The minimum absolute atomic E-state index is 0.0572.